The summed E-state index contributed by atoms with van der Waals surface area (Å²) in [6.45, 7) is 1.80. The predicted molar refractivity (Wildman–Crippen MR) is 60.0 cm³/mol. The standard InChI is InChI=1S/C10H12BrNO3/c1-5-6(9(12)10(13)14)3-4-7(15-2)8(5)11/h3-4,9H,12H2,1-2H3,(H,13,14). The summed E-state index contributed by atoms with van der Waals surface area (Å²) in [7, 11) is 1.55. The summed E-state index contributed by atoms with van der Waals surface area (Å²) in [5.41, 5.74) is 6.90. The number of ether oxygens (including phenoxy) is 1. The van der Waals surface area contributed by atoms with Crippen LogP contribution >= 0.6 is 15.9 Å². The van der Waals surface area contributed by atoms with E-state index in [1.807, 2.05) is 0 Å². The Bertz CT molecular complexity index is 392. The van der Waals surface area contributed by atoms with Crippen LogP contribution in [0.5, 0.6) is 5.75 Å². The molecule has 5 heteroatoms. The van der Waals surface area contributed by atoms with Gasteiger partial charge in [0.2, 0.25) is 0 Å². The van der Waals surface area contributed by atoms with Crippen molar-refractivity contribution in [3.05, 3.63) is 27.7 Å². The summed E-state index contributed by atoms with van der Waals surface area (Å²) >= 11 is 3.34. The van der Waals surface area contributed by atoms with E-state index in [4.69, 9.17) is 15.6 Å². The van der Waals surface area contributed by atoms with Crippen LogP contribution in [0.25, 0.3) is 0 Å². The third kappa shape index (κ3) is 2.30. The SMILES string of the molecule is COc1ccc(C(N)C(=O)O)c(C)c1Br. The zero-order valence-corrected chi connectivity index (χ0v) is 10.0. The minimum Gasteiger partial charge on any atom is -0.496 e. The number of methoxy groups -OCH3 is 1. The number of nitrogens with two attached hydrogens (primary N) is 1. The minimum absolute atomic E-state index is 0.579. The lowest BCUT2D eigenvalue weighted by Gasteiger charge is -2.14. The molecule has 1 aromatic carbocycles. The first-order valence-electron chi connectivity index (χ1n) is 4.30. The number of benzene rings is 1. The molecule has 1 rings (SSSR count). The monoisotopic (exact) mass is 273 g/mol. The smallest absolute Gasteiger partial charge is 0.325 e. The fourth-order valence-corrected chi connectivity index (χ4v) is 1.83. The summed E-state index contributed by atoms with van der Waals surface area (Å²) in [5.74, 6) is -0.385. The Morgan fingerprint density at radius 3 is 2.67 bits per heavy atom. The van der Waals surface area contributed by atoms with Crippen molar-refractivity contribution in [2.24, 2.45) is 5.73 Å². The Hall–Kier alpha value is -1.07. The molecule has 3 N–H and O–H groups in total. The Labute approximate surface area is 96.2 Å². The van der Waals surface area contributed by atoms with Crippen LogP contribution in [-0.4, -0.2) is 18.2 Å². The van der Waals surface area contributed by atoms with Crippen LogP contribution in [0.2, 0.25) is 0 Å². The number of halogens is 1. The van der Waals surface area contributed by atoms with Gasteiger partial charge in [-0.2, -0.15) is 0 Å². The third-order valence-corrected chi connectivity index (χ3v) is 3.20. The number of rotatable bonds is 3. The van der Waals surface area contributed by atoms with Gasteiger partial charge in [0.1, 0.15) is 11.8 Å². The second-order valence-corrected chi connectivity index (χ2v) is 3.90. The second-order valence-electron chi connectivity index (χ2n) is 3.11. The molecule has 82 valence electrons. The largest absolute Gasteiger partial charge is 0.496 e. The van der Waals surface area contributed by atoms with Crippen molar-refractivity contribution in [2.45, 2.75) is 13.0 Å². The quantitative estimate of drug-likeness (QED) is 0.882. The number of carboxylic acid groups (broad SMARTS) is 1. The van der Waals surface area contributed by atoms with E-state index in [1.54, 1.807) is 26.2 Å². The molecule has 0 saturated carbocycles. The highest BCUT2D eigenvalue weighted by Gasteiger charge is 2.19. The molecule has 1 aromatic rings. The molecule has 1 unspecified atom stereocenters. The van der Waals surface area contributed by atoms with Gasteiger partial charge in [-0.25, -0.2) is 0 Å². The van der Waals surface area contributed by atoms with Crippen molar-refractivity contribution in [1.29, 1.82) is 0 Å². The van der Waals surface area contributed by atoms with Crippen molar-refractivity contribution in [2.75, 3.05) is 7.11 Å². The molecule has 0 fully saturated rings. The van der Waals surface area contributed by atoms with Gasteiger partial charge in [-0.15, -0.1) is 0 Å². The van der Waals surface area contributed by atoms with Crippen LogP contribution in [0.1, 0.15) is 17.2 Å². The first kappa shape index (κ1) is 12.0. The molecule has 0 aromatic heterocycles. The first-order chi connectivity index (χ1) is 6.99. The maximum Gasteiger partial charge on any atom is 0.325 e. The molecule has 0 amide bonds. The molecule has 1 atom stereocenters. The number of hydrogen-bond donors (Lipinski definition) is 2. The van der Waals surface area contributed by atoms with E-state index >= 15 is 0 Å². The zero-order chi connectivity index (χ0) is 11.6. The molecule has 0 spiro atoms. The molecular weight excluding hydrogens is 262 g/mol. The second kappa shape index (κ2) is 4.63. The molecule has 0 aliphatic heterocycles. The normalized spacial score (nSPS) is 12.3. The average Bonchev–Trinajstić information content (AvgIpc) is 2.21. The van der Waals surface area contributed by atoms with E-state index in [2.05, 4.69) is 15.9 Å². The van der Waals surface area contributed by atoms with Crippen LogP contribution in [-0.2, 0) is 4.79 Å². The van der Waals surface area contributed by atoms with Crippen molar-refractivity contribution in [1.82, 2.24) is 0 Å². The molecule has 0 aliphatic rings. The Morgan fingerprint density at radius 2 is 2.20 bits per heavy atom. The molecule has 0 heterocycles. The van der Waals surface area contributed by atoms with Crippen LogP contribution in [0.3, 0.4) is 0 Å². The lowest BCUT2D eigenvalue weighted by Crippen LogP contribution is -2.21. The summed E-state index contributed by atoms with van der Waals surface area (Å²) in [6, 6.07) is 2.35. The number of aliphatic carboxylic acids is 1. The summed E-state index contributed by atoms with van der Waals surface area (Å²) < 4.78 is 5.82. The summed E-state index contributed by atoms with van der Waals surface area (Å²) in [4.78, 5) is 10.7. The lowest BCUT2D eigenvalue weighted by atomic mass is 10.0. The third-order valence-electron chi connectivity index (χ3n) is 2.21. The number of hydrogen-bond acceptors (Lipinski definition) is 3. The predicted octanol–water partition coefficient (Wildman–Crippen LogP) is 1.85. The van der Waals surface area contributed by atoms with Crippen LogP contribution in [0.15, 0.2) is 16.6 Å². The lowest BCUT2D eigenvalue weighted by molar-refractivity contribution is -0.138. The Kier molecular flexibility index (Phi) is 3.71. The van der Waals surface area contributed by atoms with E-state index < -0.39 is 12.0 Å². The topological polar surface area (TPSA) is 72.5 Å². The van der Waals surface area contributed by atoms with Gasteiger partial charge in [0.15, 0.2) is 0 Å². The Morgan fingerprint density at radius 1 is 1.60 bits per heavy atom. The van der Waals surface area contributed by atoms with Crippen LogP contribution in [0, 0.1) is 6.92 Å². The van der Waals surface area contributed by atoms with Crippen LogP contribution in [0.4, 0.5) is 0 Å². The highest BCUT2D eigenvalue weighted by molar-refractivity contribution is 9.10. The fourth-order valence-electron chi connectivity index (χ4n) is 1.30. The molecule has 4 nitrogen and oxygen atoms in total. The van der Waals surface area contributed by atoms with Gasteiger partial charge in [-0.05, 0) is 40.0 Å². The van der Waals surface area contributed by atoms with E-state index in [1.165, 1.54) is 0 Å². The average molecular weight is 274 g/mol. The van der Waals surface area contributed by atoms with Gasteiger partial charge in [0, 0.05) is 0 Å². The molecule has 0 aliphatic carbocycles. The zero-order valence-electron chi connectivity index (χ0n) is 8.45. The van der Waals surface area contributed by atoms with Crippen molar-refractivity contribution in [3.8, 4) is 5.75 Å². The highest BCUT2D eigenvalue weighted by Crippen LogP contribution is 2.32. The number of carbonyl (C=O) groups is 1. The van der Waals surface area contributed by atoms with Crippen LogP contribution < -0.4 is 10.5 Å². The summed E-state index contributed by atoms with van der Waals surface area (Å²) in [6.07, 6.45) is 0. The van der Waals surface area contributed by atoms with Gasteiger partial charge in [-0.3, -0.25) is 4.79 Å². The molecular formula is C10H12BrNO3. The maximum absolute atomic E-state index is 10.7. The molecule has 0 saturated heterocycles. The van der Waals surface area contributed by atoms with Gasteiger partial charge in [0.25, 0.3) is 0 Å². The van der Waals surface area contributed by atoms with Crippen molar-refractivity contribution >= 4 is 21.9 Å². The van der Waals surface area contributed by atoms with E-state index in [0.717, 1.165) is 10.0 Å². The first-order valence-corrected chi connectivity index (χ1v) is 5.09. The van der Waals surface area contributed by atoms with Crippen molar-refractivity contribution in [3.63, 3.8) is 0 Å². The van der Waals surface area contributed by atoms with Crippen molar-refractivity contribution < 1.29 is 14.6 Å². The molecule has 15 heavy (non-hydrogen) atoms. The van der Waals surface area contributed by atoms with E-state index in [0.29, 0.717) is 11.3 Å². The maximum atomic E-state index is 10.7. The van der Waals surface area contributed by atoms with E-state index in [-0.39, 0.29) is 0 Å². The molecule has 0 bridgehead atoms. The van der Waals surface area contributed by atoms with Gasteiger partial charge in [0.05, 0.1) is 11.6 Å². The van der Waals surface area contributed by atoms with Gasteiger partial charge in [-0.1, -0.05) is 6.07 Å². The Balaban J connectivity index is 3.23. The minimum atomic E-state index is -1.05. The van der Waals surface area contributed by atoms with E-state index in [9.17, 15) is 4.79 Å². The highest BCUT2D eigenvalue weighted by atomic mass is 79.9. The molecule has 0 radical (unpaired) electrons. The van der Waals surface area contributed by atoms with Gasteiger partial charge < -0.3 is 15.6 Å². The number of carboxylic acids is 1. The summed E-state index contributed by atoms with van der Waals surface area (Å²) in [5, 5.41) is 8.81. The fraction of sp³-hybridized carbons (Fsp3) is 0.300. The van der Waals surface area contributed by atoms with Gasteiger partial charge >= 0.3 is 5.97 Å².